The first-order valence-corrected chi connectivity index (χ1v) is 4.65. The summed E-state index contributed by atoms with van der Waals surface area (Å²) in [6, 6.07) is 0.668. The highest BCUT2D eigenvalue weighted by atomic mass is 15.0. The zero-order chi connectivity index (χ0) is 9.10. The number of anilines is 1. The number of nitrogens with two attached hydrogens (primary N) is 1. The van der Waals surface area contributed by atoms with Gasteiger partial charge in [0, 0.05) is 25.0 Å². The minimum atomic E-state index is 0.536. The first-order chi connectivity index (χ1) is 6.36. The lowest BCUT2D eigenvalue weighted by Crippen LogP contribution is -2.34. The molecule has 0 atom stereocenters. The van der Waals surface area contributed by atoms with E-state index in [0.29, 0.717) is 11.9 Å². The van der Waals surface area contributed by atoms with Crippen LogP contribution in [0.15, 0.2) is 12.4 Å². The predicted molar refractivity (Wildman–Crippen MR) is 50.9 cm³/mol. The SMILES string of the molecule is Nc1nccnc1CNC1CCC1. The Morgan fingerprint density at radius 1 is 1.38 bits per heavy atom. The van der Waals surface area contributed by atoms with Gasteiger partial charge in [-0.05, 0) is 12.8 Å². The van der Waals surface area contributed by atoms with Crippen LogP contribution < -0.4 is 11.1 Å². The molecular weight excluding hydrogens is 164 g/mol. The maximum atomic E-state index is 5.65. The molecule has 0 radical (unpaired) electrons. The highest BCUT2D eigenvalue weighted by Gasteiger charge is 2.16. The van der Waals surface area contributed by atoms with Crippen LogP contribution in [0.25, 0.3) is 0 Å². The fourth-order valence-electron chi connectivity index (χ4n) is 1.37. The van der Waals surface area contributed by atoms with Crippen LogP contribution in [0.3, 0.4) is 0 Å². The summed E-state index contributed by atoms with van der Waals surface area (Å²) in [5.74, 6) is 0.536. The van der Waals surface area contributed by atoms with Crippen LogP contribution in [0.1, 0.15) is 25.0 Å². The average molecular weight is 178 g/mol. The van der Waals surface area contributed by atoms with E-state index in [1.54, 1.807) is 12.4 Å². The van der Waals surface area contributed by atoms with Gasteiger partial charge in [-0.25, -0.2) is 4.98 Å². The molecule has 1 saturated carbocycles. The van der Waals surface area contributed by atoms with Crippen LogP contribution in [-0.2, 0) is 6.54 Å². The van der Waals surface area contributed by atoms with Crippen LogP contribution in [-0.4, -0.2) is 16.0 Å². The van der Waals surface area contributed by atoms with Crippen molar-refractivity contribution in [3.8, 4) is 0 Å². The Balaban J connectivity index is 1.89. The molecule has 0 aliphatic heterocycles. The van der Waals surface area contributed by atoms with Gasteiger partial charge in [-0.2, -0.15) is 0 Å². The van der Waals surface area contributed by atoms with Gasteiger partial charge in [-0.1, -0.05) is 6.42 Å². The molecule has 4 heteroatoms. The van der Waals surface area contributed by atoms with Crippen molar-refractivity contribution in [1.29, 1.82) is 0 Å². The van der Waals surface area contributed by atoms with E-state index < -0.39 is 0 Å². The van der Waals surface area contributed by atoms with Gasteiger partial charge in [-0.3, -0.25) is 4.98 Å². The summed E-state index contributed by atoms with van der Waals surface area (Å²) < 4.78 is 0. The minimum absolute atomic E-state index is 0.536. The number of rotatable bonds is 3. The zero-order valence-electron chi connectivity index (χ0n) is 7.53. The van der Waals surface area contributed by atoms with Crippen molar-refractivity contribution in [2.45, 2.75) is 31.8 Å². The van der Waals surface area contributed by atoms with E-state index in [4.69, 9.17) is 5.73 Å². The topological polar surface area (TPSA) is 63.8 Å². The Labute approximate surface area is 77.6 Å². The largest absolute Gasteiger partial charge is 0.382 e. The first kappa shape index (κ1) is 8.44. The molecule has 13 heavy (non-hydrogen) atoms. The number of nitrogens with one attached hydrogen (secondary N) is 1. The second-order valence-electron chi connectivity index (χ2n) is 3.40. The van der Waals surface area contributed by atoms with E-state index in [9.17, 15) is 0 Å². The Hall–Kier alpha value is -1.16. The molecule has 0 saturated heterocycles. The molecule has 3 N–H and O–H groups in total. The Morgan fingerprint density at radius 2 is 2.15 bits per heavy atom. The molecule has 1 aliphatic carbocycles. The molecular formula is C9H14N4. The van der Waals surface area contributed by atoms with Crippen molar-refractivity contribution in [3.05, 3.63) is 18.1 Å². The minimum Gasteiger partial charge on any atom is -0.382 e. The van der Waals surface area contributed by atoms with Gasteiger partial charge < -0.3 is 11.1 Å². The highest BCUT2D eigenvalue weighted by Crippen LogP contribution is 2.18. The maximum absolute atomic E-state index is 5.65. The highest BCUT2D eigenvalue weighted by molar-refractivity contribution is 5.32. The monoisotopic (exact) mass is 178 g/mol. The van der Waals surface area contributed by atoms with Crippen molar-refractivity contribution >= 4 is 5.82 Å². The van der Waals surface area contributed by atoms with Crippen LogP contribution >= 0.6 is 0 Å². The normalized spacial score (nSPS) is 16.9. The lowest BCUT2D eigenvalue weighted by Gasteiger charge is -2.26. The second kappa shape index (κ2) is 3.70. The van der Waals surface area contributed by atoms with E-state index in [0.717, 1.165) is 12.2 Å². The van der Waals surface area contributed by atoms with E-state index in [2.05, 4.69) is 15.3 Å². The summed E-state index contributed by atoms with van der Waals surface area (Å²) in [4.78, 5) is 8.13. The Bertz CT molecular complexity index is 283. The standard InChI is InChI=1S/C9H14N4/c10-9-8(11-4-5-12-9)6-13-7-2-1-3-7/h4-5,7,13H,1-3,6H2,(H2,10,12). The lowest BCUT2D eigenvalue weighted by atomic mass is 9.93. The molecule has 70 valence electrons. The van der Waals surface area contributed by atoms with E-state index in [1.807, 2.05) is 0 Å². The number of nitrogens with zero attached hydrogens (tertiary/aromatic N) is 2. The number of hydrogen-bond donors (Lipinski definition) is 2. The Kier molecular flexibility index (Phi) is 2.40. The summed E-state index contributed by atoms with van der Waals surface area (Å²) in [6.45, 7) is 0.740. The van der Waals surface area contributed by atoms with Crippen molar-refractivity contribution in [2.75, 3.05) is 5.73 Å². The molecule has 0 unspecified atom stereocenters. The average Bonchev–Trinajstić information content (AvgIpc) is 2.05. The quantitative estimate of drug-likeness (QED) is 0.715. The van der Waals surface area contributed by atoms with Gasteiger partial charge in [-0.15, -0.1) is 0 Å². The van der Waals surface area contributed by atoms with Gasteiger partial charge in [0.2, 0.25) is 0 Å². The molecule has 0 aromatic carbocycles. The molecule has 1 aromatic heterocycles. The molecule has 0 amide bonds. The van der Waals surface area contributed by atoms with E-state index in [1.165, 1.54) is 19.3 Å². The third kappa shape index (κ3) is 1.95. The maximum Gasteiger partial charge on any atom is 0.146 e. The van der Waals surface area contributed by atoms with Gasteiger partial charge >= 0.3 is 0 Å². The van der Waals surface area contributed by atoms with Crippen molar-refractivity contribution in [1.82, 2.24) is 15.3 Å². The third-order valence-electron chi connectivity index (χ3n) is 2.47. The lowest BCUT2D eigenvalue weighted by molar-refractivity contribution is 0.337. The van der Waals surface area contributed by atoms with E-state index >= 15 is 0 Å². The van der Waals surface area contributed by atoms with Gasteiger partial charge in [0.15, 0.2) is 0 Å². The molecule has 2 rings (SSSR count). The summed E-state index contributed by atoms with van der Waals surface area (Å²) in [5.41, 5.74) is 6.51. The third-order valence-corrected chi connectivity index (χ3v) is 2.47. The number of aromatic nitrogens is 2. The molecule has 1 heterocycles. The molecule has 0 spiro atoms. The van der Waals surface area contributed by atoms with Gasteiger partial charge in [0.25, 0.3) is 0 Å². The summed E-state index contributed by atoms with van der Waals surface area (Å²) in [7, 11) is 0. The molecule has 4 nitrogen and oxygen atoms in total. The van der Waals surface area contributed by atoms with Crippen molar-refractivity contribution in [2.24, 2.45) is 0 Å². The van der Waals surface area contributed by atoms with Crippen molar-refractivity contribution in [3.63, 3.8) is 0 Å². The van der Waals surface area contributed by atoms with Crippen LogP contribution in [0.5, 0.6) is 0 Å². The van der Waals surface area contributed by atoms with Gasteiger partial charge in [0.05, 0.1) is 5.69 Å². The fraction of sp³-hybridized carbons (Fsp3) is 0.556. The molecule has 1 aliphatic rings. The molecule has 1 aromatic rings. The predicted octanol–water partition coefficient (Wildman–Crippen LogP) is 0.701. The van der Waals surface area contributed by atoms with Gasteiger partial charge in [0.1, 0.15) is 5.82 Å². The van der Waals surface area contributed by atoms with Crippen LogP contribution in [0, 0.1) is 0 Å². The number of hydrogen-bond acceptors (Lipinski definition) is 4. The Morgan fingerprint density at radius 3 is 2.77 bits per heavy atom. The van der Waals surface area contributed by atoms with Crippen molar-refractivity contribution < 1.29 is 0 Å². The smallest absolute Gasteiger partial charge is 0.146 e. The molecule has 1 fully saturated rings. The first-order valence-electron chi connectivity index (χ1n) is 4.65. The summed E-state index contributed by atoms with van der Waals surface area (Å²) in [6.07, 6.45) is 7.18. The number of nitrogen functional groups attached to an aromatic ring is 1. The second-order valence-corrected chi connectivity index (χ2v) is 3.40. The van der Waals surface area contributed by atoms with E-state index in [-0.39, 0.29) is 0 Å². The summed E-state index contributed by atoms with van der Waals surface area (Å²) in [5, 5.41) is 3.39. The summed E-state index contributed by atoms with van der Waals surface area (Å²) >= 11 is 0. The van der Waals surface area contributed by atoms with Crippen LogP contribution in [0.4, 0.5) is 5.82 Å². The zero-order valence-corrected chi connectivity index (χ0v) is 7.53. The van der Waals surface area contributed by atoms with Crippen LogP contribution in [0.2, 0.25) is 0 Å². The fourth-order valence-corrected chi connectivity index (χ4v) is 1.37. The molecule has 0 bridgehead atoms.